The van der Waals surface area contributed by atoms with Crippen LogP contribution in [0.1, 0.15) is 18.4 Å². The average molecular weight is 369 g/mol. The Morgan fingerprint density at radius 1 is 1.11 bits per heavy atom. The fraction of sp³-hybridized carbons (Fsp3) is 0.350. The second-order valence-electron chi connectivity index (χ2n) is 6.12. The molecule has 0 bridgehead atoms. The topological polar surface area (TPSA) is 73.8 Å². The Hall–Kier alpha value is -3.09. The third-order valence-electron chi connectivity index (χ3n) is 4.39. The number of carbonyl (C=O) groups excluding carboxylic acids is 1. The van der Waals surface area contributed by atoms with Gasteiger partial charge in [0.2, 0.25) is 5.91 Å². The number of piperidine rings is 1. The van der Waals surface area contributed by atoms with Crippen LogP contribution < -0.4 is 14.2 Å². The first-order chi connectivity index (χ1) is 13.2. The molecule has 0 unspecified atom stereocenters. The summed E-state index contributed by atoms with van der Waals surface area (Å²) < 4.78 is 16.3. The number of hydrogen-bond acceptors (Lipinski definition) is 6. The van der Waals surface area contributed by atoms with Crippen LogP contribution in [0.5, 0.6) is 17.5 Å². The van der Waals surface area contributed by atoms with E-state index in [1.165, 1.54) is 0 Å². The first-order valence-corrected chi connectivity index (χ1v) is 8.82. The van der Waals surface area contributed by atoms with Gasteiger partial charge >= 0.3 is 6.01 Å². The number of benzene rings is 1. The minimum absolute atomic E-state index is 0.0146. The Labute approximate surface area is 158 Å². The molecule has 0 radical (unpaired) electrons. The normalized spacial score (nSPS) is 15.0. The van der Waals surface area contributed by atoms with Gasteiger partial charge in [0.1, 0.15) is 6.10 Å². The molecule has 1 saturated heterocycles. The van der Waals surface area contributed by atoms with E-state index in [9.17, 15) is 4.79 Å². The number of methoxy groups -OCH3 is 2. The Kier molecular flexibility index (Phi) is 6.25. The third kappa shape index (κ3) is 4.97. The zero-order valence-electron chi connectivity index (χ0n) is 15.5. The molecule has 7 heteroatoms. The highest BCUT2D eigenvalue weighted by molar-refractivity contribution is 5.91. The van der Waals surface area contributed by atoms with Gasteiger partial charge in [-0.05, 0) is 29.8 Å². The smallest absolute Gasteiger partial charge is 0.316 e. The van der Waals surface area contributed by atoms with Gasteiger partial charge in [-0.2, -0.15) is 0 Å². The molecule has 142 valence electrons. The molecule has 3 rings (SSSR count). The van der Waals surface area contributed by atoms with Crippen molar-refractivity contribution < 1.29 is 19.0 Å². The van der Waals surface area contributed by atoms with Crippen LogP contribution in [-0.2, 0) is 4.79 Å². The summed E-state index contributed by atoms with van der Waals surface area (Å²) in [7, 11) is 3.18. The van der Waals surface area contributed by atoms with Crippen molar-refractivity contribution in [1.82, 2.24) is 14.9 Å². The minimum atomic E-state index is -0.0146. The van der Waals surface area contributed by atoms with Gasteiger partial charge in [-0.1, -0.05) is 6.07 Å². The number of hydrogen-bond donors (Lipinski definition) is 0. The summed E-state index contributed by atoms with van der Waals surface area (Å²) in [6.07, 6.45) is 8.22. The van der Waals surface area contributed by atoms with Crippen LogP contribution in [0, 0.1) is 0 Å². The van der Waals surface area contributed by atoms with Gasteiger partial charge in [0.15, 0.2) is 11.5 Å². The van der Waals surface area contributed by atoms with Crippen LogP contribution in [0.15, 0.2) is 42.7 Å². The third-order valence-corrected chi connectivity index (χ3v) is 4.39. The van der Waals surface area contributed by atoms with Crippen molar-refractivity contribution in [1.29, 1.82) is 0 Å². The fourth-order valence-electron chi connectivity index (χ4n) is 2.92. The standard InChI is InChI=1S/C20H23N3O4/c1-25-17-6-4-15(14-18(17)26-2)5-7-19(24)23-12-8-16(9-13-23)27-20-21-10-3-11-22-20/h3-7,10-11,14,16H,8-9,12-13H2,1-2H3/b7-5+. The second kappa shape index (κ2) is 9.02. The van der Waals surface area contributed by atoms with E-state index in [1.807, 2.05) is 23.1 Å². The lowest BCUT2D eigenvalue weighted by atomic mass is 10.1. The lowest BCUT2D eigenvalue weighted by Gasteiger charge is -2.30. The summed E-state index contributed by atoms with van der Waals surface area (Å²) in [5, 5.41) is 0. The van der Waals surface area contributed by atoms with E-state index in [0.717, 1.165) is 18.4 Å². The highest BCUT2D eigenvalue weighted by Gasteiger charge is 2.23. The van der Waals surface area contributed by atoms with E-state index >= 15 is 0 Å². The molecule has 1 aliphatic rings. The molecule has 0 aliphatic carbocycles. The van der Waals surface area contributed by atoms with Crippen molar-refractivity contribution in [3.63, 3.8) is 0 Å². The van der Waals surface area contributed by atoms with Gasteiger partial charge in [0, 0.05) is 44.4 Å². The molecule has 1 aromatic carbocycles. The molecular formula is C20H23N3O4. The van der Waals surface area contributed by atoms with Crippen LogP contribution in [0.25, 0.3) is 6.08 Å². The zero-order chi connectivity index (χ0) is 19.1. The van der Waals surface area contributed by atoms with E-state index in [4.69, 9.17) is 14.2 Å². The van der Waals surface area contributed by atoms with Crippen LogP contribution in [0.4, 0.5) is 0 Å². The van der Waals surface area contributed by atoms with Crippen molar-refractivity contribution in [2.45, 2.75) is 18.9 Å². The number of carbonyl (C=O) groups is 1. The predicted molar refractivity (Wildman–Crippen MR) is 101 cm³/mol. The zero-order valence-corrected chi connectivity index (χ0v) is 15.5. The van der Waals surface area contributed by atoms with Gasteiger partial charge in [0.05, 0.1) is 14.2 Å². The molecule has 0 saturated carbocycles. The molecule has 0 spiro atoms. The molecule has 0 N–H and O–H groups in total. The quantitative estimate of drug-likeness (QED) is 0.729. The van der Waals surface area contributed by atoms with Crippen molar-refractivity contribution in [2.75, 3.05) is 27.3 Å². The van der Waals surface area contributed by atoms with Crippen LogP contribution in [0.3, 0.4) is 0 Å². The summed E-state index contributed by atoms with van der Waals surface area (Å²) in [5.41, 5.74) is 0.875. The Morgan fingerprint density at radius 3 is 2.48 bits per heavy atom. The summed E-state index contributed by atoms with van der Waals surface area (Å²) >= 11 is 0. The summed E-state index contributed by atoms with van der Waals surface area (Å²) in [4.78, 5) is 22.4. The van der Waals surface area contributed by atoms with Gasteiger partial charge in [-0.3, -0.25) is 4.79 Å². The van der Waals surface area contributed by atoms with Gasteiger partial charge in [0.25, 0.3) is 0 Å². The van der Waals surface area contributed by atoms with Gasteiger partial charge in [-0.25, -0.2) is 9.97 Å². The van der Waals surface area contributed by atoms with Crippen molar-refractivity contribution >= 4 is 12.0 Å². The van der Waals surface area contributed by atoms with Crippen molar-refractivity contribution in [3.05, 3.63) is 48.3 Å². The predicted octanol–water partition coefficient (Wildman–Crippen LogP) is 2.58. The number of rotatable bonds is 6. The maximum atomic E-state index is 12.4. The highest BCUT2D eigenvalue weighted by Crippen LogP contribution is 2.28. The Morgan fingerprint density at radius 2 is 1.81 bits per heavy atom. The average Bonchev–Trinajstić information content (AvgIpc) is 2.73. The molecule has 1 aliphatic heterocycles. The lowest BCUT2D eigenvalue weighted by Crippen LogP contribution is -2.41. The first kappa shape index (κ1) is 18.7. The molecule has 2 aromatic rings. The largest absolute Gasteiger partial charge is 0.493 e. The number of nitrogens with zero attached hydrogens (tertiary/aromatic N) is 3. The van der Waals surface area contributed by atoms with E-state index in [0.29, 0.717) is 30.6 Å². The monoisotopic (exact) mass is 369 g/mol. The molecule has 1 fully saturated rings. The molecule has 0 atom stereocenters. The highest BCUT2D eigenvalue weighted by atomic mass is 16.5. The second-order valence-corrected chi connectivity index (χ2v) is 6.12. The van der Waals surface area contributed by atoms with E-state index in [2.05, 4.69) is 9.97 Å². The van der Waals surface area contributed by atoms with Gasteiger partial charge < -0.3 is 19.1 Å². The lowest BCUT2D eigenvalue weighted by molar-refractivity contribution is -0.127. The number of amides is 1. The maximum Gasteiger partial charge on any atom is 0.316 e. The van der Waals surface area contributed by atoms with Crippen molar-refractivity contribution in [3.8, 4) is 17.5 Å². The summed E-state index contributed by atoms with van der Waals surface area (Å²) in [6, 6.07) is 7.67. The summed E-state index contributed by atoms with van der Waals surface area (Å²) in [6.45, 7) is 1.29. The molecule has 2 heterocycles. The van der Waals surface area contributed by atoms with Crippen LogP contribution >= 0.6 is 0 Å². The fourth-order valence-corrected chi connectivity index (χ4v) is 2.92. The molecule has 7 nitrogen and oxygen atoms in total. The SMILES string of the molecule is COc1ccc(/C=C/C(=O)N2CCC(Oc3ncccn3)CC2)cc1OC. The molecular weight excluding hydrogens is 346 g/mol. The van der Waals surface area contributed by atoms with E-state index in [1.54, 1.807) is 44.8 Å². The number of ether oxygens (including phenoxy) is 3. The number of likely N-dealkylation sites (tertiary alicyclic amines) is 1. The van der Waals surface area contributed by atoms with E-state index in [-0.39, 0.29) is 12.0 Å². The van der Waals surface area contributed by atoms with E-state index < -0.39 is 0 Å². The van der Waals surface area contributed by atoms with Crippen molar-refractivity contribution in [2.24, 2.45) is 0 Å². The van der Waals surface area contributed by atoms with Crippen LogP contribution in [-0.4, -0.2) is 54.2 Å². The first-order valence-electron chi connectivity index (χ1n) is 8.82. The minimum Gasteiger partial charge on any atom is -0.493 e. The Balaban J connectivity index is 1.53. The molecule has 1 aromatic heterocycles. The summed E-state index contributed by atoms with van der Waals surface area (Å²) in [5.74, 6) is 1.28. The molecule has 27 heavy (non-hydrogen) atoms. The van der Waals surface area contributed by atoms with Gasteiger partial charge in [-0.15, -0.1) is 0 Å². The number of aromatic nitrogens is 2. The Bertz CT molecular complexity index is 787. The van der Waals surface area contributed by atoms with Crippen LogP contribution in [0.2, 0.25) is 0 Å². The maximum absolute atomic E-state index is 12.4. The molecule has 1 amide bonds.